The van der Waals surface area contributed by atoms with Crippen LogP contribution in [0.1, 0.15) is 6.92 Å². The number of halogens is 1. The first-order chi connectivity index (χ1) is 9.54. The second-order valence-corrected chi connectivity index (χ2v) is 5.70. The molecule has 0 spiro atoms. The van der Waals surface area contributed by atoms with Gasteiger partial charge in [-0.15, -0.1) is 0 Å². The summed E-state index contributed by atoms with van der Waals surface area (Å²) >= 11 is 2.21. The van der Waals surface area contributed by atoms with Gasteiger partial charge in [0, 0.05) is 29.1 Å². The third kappa shape index (κ3) is 2.29. The van der Waals surface area contributed by atoms with Crippen LogP contribution in [0.4, 0.5) is 11.4 Å². The summed E-state index contributed by atoms with van der Waals surface area (Å²) < 4.78 is 0.951. The standard InChI is InChI=1S/C15H12IN3O/c1-8(20)18-11-4-2-9-6-10-3-5-12(17)14(16)15(10)19-13(9)7-11/h2-7H,17H2,1H3,(H,18,20). The molecule has 0 bridgehead atoms. The van der Waals surface area contributed by atoms with Gasteiger partial charge in [0.25, 0.3) is 0 Å². The average Bonchev–Trinajstić information content (AvgIpc) is 2.41. The maximum absolute atomic E-state index is 11.1. The van der Waals surface area contributed by atoms with Gasteiger partial charge in [0.1, 0.15) is 0 Å². The maximum atomic E-state index is 11.1. The topological polar surface area (TPSA) is 68.0 Å². The summed E-state index contributed by atoms with van der Waals surface area (Å²) in [5.74, 6) is -0.0936. The van der Waals surface area contributed by atoms with E-state index in [-0.39, 0.29) is 5.91 Å². The minimum absolute atomic E-state index is 0.0936. The lowest BCUT2D eigenvalue weighted by atomic mass is 10.1. The van der Waals surface area contributed by atoms with E-state index in [2.05, 4.69) is 39.0 Å². The number of nitrogens with two attached hydrogens (primary N) is 1. The number of pyridine rings is 1. The summed E-state index contributed by atoms with van der Waals surface area (Å²) in [7, 11) is 0. The van der Waals surface area contributed by atoms with Crippen molar-refractivity contribution < 1.29 is 4.79 Å². The summed E-state index contributed by atoms with van der Waals surface area (Å²) in [6.07, 6.45) is 0. The van der Waals surface area contributed by atoms with Crippen LogP contribution in [-0.2, 0) is 4.79 Å². The zero-order valence-corrected chi connectivity index (χ0v) is 12.9. The van der Waals surface area contributed by atoms with Crippen molar-refractivity contribution in [3.8, 4) is 0 Å². The van der Waals surface area contributed by atoms with Crippen LogP contribution in [0.5, 0.6) is 0 Å². The third-order valence-corrected chi connectivity index (χ3v) is 4.21. The lowest BCUT2D eigenvalue weighted by molar-refractivity contribution is -0.114. The molecule has 5 heteroatoms. The van der Waals surface area contributed by atoms with Crippen LogP contribution in [0.2, 0.25) is 0 Å². The van der Waals surface area contributed by atoms with Gasteiger partial charge in [-0.25, -0.2) is 4.98 Å². The Kier molecular flexibility index (Phi) is 3.21. The van der Waals surface area contributed by atoms with E-state index in [1.807, 2.05) is 30.3 Å². The molecule has 0 aliphatic carbocycles. The molecule has 3 N–H and O–H groups in total. The van der Waals surface area contributed by atoms with E-state index in [0.29, 0.717) is 0 Å². The first kappa shape index (κ1) is 13.1. The molecule has 3 aromatic rings. The van der Waals surface area contributed by atoms with E-state index in [0.717, 1.165) is 36.8 Å². The minimum atomic E-state index is -0.0936. The highest BCUT2D eigenvalue weighted by atomic mass is 127. The van der Waals surface area contributed by atoms with Crippen molar-refractivity contribution in [1.29, 1.82) is 0 Å². The van der Waals surface area contributed by atoms with Gasteiger partial charge >= 0.3 is 0 Å². The second kappa shape index (κ2) is 4.90. The molecule has 4 nitrogen and oxygen atoms in total. The summed E-state index contributed by atoms with van der Waals surface area (Å²) in [6, 6.07) is 11.6. The summed E-state index contributed by atoms with van der Waals surface area (Å²) in [5, 5.41) is 4.86. The number of amides is 1. The molecule has 1 amide bonds. The largest absolute Gasteiger partial charge is 0.398 e. The van der Waals surface area contributed by atoms with Crippen molar-refractivity contribution in [1.82, 2.24) is 4.98 Å². The monoisotopic (exact) mass is 377 g/mol. The minimum Gasteiger partial charge on any atom is -0.398 e. The Morgan fingerprint density at radius 3 is 2.70 bits per heavy atom. The average molecular weight is 377 g/mol. The number of anilines is 2. The Balaban J connectivity index is 2.26. The summed E-state index contributed by atoms with van der Waals surface area (Å²) in [4.78, 5) is 15.8. The van der Waals surface area contributed by atoms with Crippen molar-refractivity contribution in [2.45, 2.75) is 6.92 Å². The van der Waals surface area contributed by atoms with Gasteiger partial charge in [0.2, 0.25) is 5.91 Å². The molecule has 1 aromatic heterocycles. The zero-order chi connectivity index (χ0) is 14.3. The van der Waals surface area contributed by atoms with Gasteiger partial charge in [-0.05, 0) is 46.9 Å². The molecule has 3 rings (SSSR count). The Bertz CT molecular complexity index is 845. The number of carbonyl (C=O) groups is 1. The second-order valence-electron chi connectivity index (χ2n) is 4.62. The van der Waals surface area contributed by atoms with E-state index in [9.17, 15) is 4.79 Å². The molecule has 100 valence electrons. The Morgan fingerprint density at radius 2 is 1.95 bits per heavy atom. The van der Waals surface area contributed by atoms with E-state index < -0.39 is 0 Å². The van der Waals surface area contributed by atoms with Crippen molar-refractivity contribution in [3.05, 3.63) is 40.0 Å². The van der Waals surface area contributed by atoms with E-state index >= 15 is 0 Å². The molecule has 0 unspecified atom stereocenters. The number of hydrogen-bond acceptors (Lipinski definition) is 3. The number of aromatic nitrogens is 1. The fourth-order valence-corrected chi connectivity index (χ4v) is 2.77. The number of benzene rings is 2. The number of fused-ring (bicyclic) bond motifs is 2. The van der Waals surface area contributed by atoms with Crippen molar-refractivity contribution in [2.24, 2.45) is 0 Å². The number of hydrogen-bond donors (Lipinski definition) is 2. The molecule has 0 aliphatic heterocycles. The fraction of sp³-hybridized carbons (Fsp3) is 0.0667. The Hall–Kier alpha value is -1.89. The molecular formula is C15H12IN3O. The van der Waals surface area contributed by atoms with Crippen LogP contribution in [0.15, 0.2) is 36.4 Å². The van der Waals surface area contributed by atoms with E-state index in [4.69, 9.17) is 5.73 Å². The molecule has 2 aromatic carbocycles. The van der Waals surface area contributed by atoms with Crippen molar-refractivity contribution in [3.63, 3.8) is 0 Å². The van der Waals surface area contributed by atoms with E-state index in [1.54, 1.807) is 0 Å². The van der Waals surface area contributed by atoms with Crippen LogP contribution in [0.3, 0.4) is 0 Å². The van der Waals surface area contributed by atoms with Crippen LogP contribution in [0.25, 0.3) is 21.8 Å². The molecule has 0 aliphatic rings. The predicted octanol–water partition coefficient (Wildman–Crippen LogP) is 3.53. The fourth-order valence-electron chi connectivity index (χ4n) is 2.16. The van der Waals surface area contributed by atoms with Gasteiger partial charge in [-0.3, -0.25) is 4.79 Å². The van der Waals surface area contributed by atoms with Crippen LogP contribution in [0, 0.1) is 3.57 Å². The maximum Gasteiger partial charge on any atom is 0.221 e. The lowest BCUT2D eigenvalue weighted by Gasteiger charge is -2.07. The first-order valence-corrected chi connectivity index (χ1v) is 7.18. The normalized spacial score (nSPS) is 10.9. The number of carbonyl (C=O) groups excluding carboxylic acids is 1. The molecule has 0 fully saturated rings. The molecule has 0 radical (unpaired) electrons. The first-order valence-electron chi connectivity index (χ1n) is 6.11. The van der Waals surface area contributed by atoms with Gasteiger partial charge < -0.3 is 11.1 Å². The molecule has 20 heavy (non-hydrogen) atoms. The van der Waals surface area contributed by atoms with Crippen LogP contribution < -0.4 is 11.1 Å². The lowest BCUT2D eigenvalue weighted by Crippen LogP contribution is -2.05. The molecule has 1 heterocycles. The van der Waals surface area contributed by atoms with Gasteiger partial charge in [-0.2, -0.15) is 0 Å². The SMILES string of the molecule is CC(=O)Nc1ccc2cc3ccc(N)c(I)c3nc2c1. The van der Waals surface area contributed by atoms with Gasteiger partial charge in [0.15, 0.2) is 0 Å². The molecular weight excluding hydrogens is 365 g/mol. The van der Waals surface area contributed by atoms with Gasteiger partial charge in [-0.1, -0.05) is 12.1 Å². The summed E-state index contributed by atoms with van der Waals surface area (Å²) in [6.45, 7) is 1.49. The van der Waals surface area contributed by atoms with Gasteiger partial charge in [0.05, 0.1) is 14.6 Å². The highest BCUT2D eigenvalue weighted by Gasteiger charge is 2.07. The molecule has 0 saturated carbocycles. The van der Waals surface area contributed by atoms with Crippen molar-refractivity contribution in [2.75, 3.05) is 11.1 Å². The van der Waals surface area contributed by atoms with Crippen LogP contribution in [-0.4, -0.2) is 10.9 Å². The molecule has 0 atom stereocenters. The Labute approximate surface area is 129 Å². The molecule has 0 saturated heterocycles. The zero-order valence-electron chi connectivity index (χ0n) is 10.8. The van der Waals surface area contributed by atoms with Crippen LogP contribution >= 0.6 is 22.6 Å². The quantitative estimate of drug-likeness (QED) is 0.387. The number of rotatable bonds is 1. The summed E-state index contributed by atoms with van der Waals surface area (Å²) in [5.41, 5.74) is 9.12. The smallest absolute Gasteiger partial charge is 0.221 e. The highest BCUT2D eigenvalue weighted by Crippen LogP contribution is 2.28. The van der Waals surface area contributed by atoms with Crippen molar-refractivity contribution >= 4 is 61.7 Å². The number of nitrogen functional groups attached to an aromatic ring is 1. The predicted molar refractivity (Wildman–Crippen MR) is 90.7 cm³/mol. The van der Waals surface area contributed by atoms with E-state index in [1.165, 1.54) is 6.92 Å². The Morgan fingerprint density at radius 1 is 1.20 bits per heavy atom. The number of nitrogens with zero attached hydrogens (tertiary/aromatic N) is 1. The highest BCUT2D eigenvalue weighted by molar-refractivity contribution is 14.1. The third-order valence-electron chi connectivity index (χ3n) is 3.07. The number of nitrogens with one attached hydrogen (secondary N) is 1.